The third kappa shape index (κ3) is 3.79. The molecule has 22 heavy (non-hydrogen) atoms. The van der Waals surface area contributed by atoms with Crippen LogP contribution in [0.5, 0.6) is 0 Å². The summed E-state index contributed by atoms with van der Waals surface area (Å²) < 4.78 is 0. The summed E-state index contributed by atoms with van der Waals surface area (Å²) in [6, 6.07) is 8.67. The van der Waals surface area contributed by atoms with Crippen LogP contribution in [0.25, 0.3) is 10.9 Å². The molecule has 1 atom stereocenters. The van der Waals surface area contributed by atoms with Gasteiger partial charge in [0.05, 0.1) is 23.8 Å². The summed E-state index contributed by atoms with van der Waals surface area (Å²) in [6.45, 7) is 3.58. The molecule has 0 aliphatic rings. The summed E-state index contributed by atoms with van der Waals surface area (Å²) in [4.78, 5) is 27.9. The van der Waals surface area contributed by atoms with Crippen LogP contribution in [-0.2, 0) is 9.59 Å². The van der Waals surface area contributed by atoms with E-state index in [0.29, 0.717) is 11.2 Å². The molecule has 2 rings (SSSR count). The molecule has 1 aromatic carbocycles. The largest absolute Gasteiger partial charge is 0.346 e. The average Bonchev–Trinajstić information content (AvgIpc) is 2.52. The molecule has 0 saturated heterocycles. The van der Waals surface area contributed by atoms with E-state index < -0.39 is 6.04 Å². The minimum atomic E-state index is -0.618. The number of nitrogens with two attached hydrogens (primary N) is 1. The number of carbonyl (C=O) groups excluding carboxylic acids is 2. The lowest BCUT2D eigenvalue weighted by Crippen LogP contribution is -2.46. The van der Waals surface area contributed by atoms with E-state index in [9.17, 15) is 9.59 Å². The Kier molecular flexibility index (Phi) is 5.06. The molecule has 2 amide bonds. The topological polar surface area (TPSA) is 97.1 Å². The highest BCUT2D eigenvalue weighted by Gasteiger charge is 2.17. The highest BCUT2D eigenvalue weighted by molar-refractivity contribution is 6.01. The van der Waals surface area contributed by atoms with Gasteiger partial charge in [-0.05, 0) is 18.1 Å². The van der Waals surface area contributed by atoms with Gasteiger partial charge in [-0.2, -0.15) is 0 Å². The van der Waals surface area contributed by atoms with Gasteiger partial charge < -0.3 is 16.4 Å². The second kappa shape index (κ2) is 7.00. The zero-order valence-corrected chi connectivity index (χ0v) is 12.7. The number of aromatic nitrogens is 1. The summed E-state index contributed by atoms with van der Waals surface area (Å²) in [5, 5.41) is 6.22. The molecule has 0 aliphatic heterocycles. The second-order valence-corrected chi connectivity index (χ2v) is 5.42. The molecule has 0 radical (unpaired) electrons. The number of carbonyl (C=O) groups is 2. The van der Waals surface area contributed by atoms with Crippen LogP contribution < -0.4 is 16.4 Å². The van der Waals surface area contributed by atoms with Crippen molar-refractivity contribution in [2.24, 2.45) is 11.7 Å². The normalized spacial score (nSPS) is 12.2. The van der Waals surface area contributed by atoms with Crippen LogP contribution in [0.3, 0.4) is 0 Å². The predicted octanol–water partition coefficient (Wildman–Crippen LogP) is 1.27. The molecule has 0 saturated carbocycles. The number of nitrogens with zero attached hydrogens (tertiary/aromatic N) is 1. The molecular weight excluding hydrogens is 280 g/mol. The fourth-order valence-corrected chi connectivity index (χ4v) is 1.99. The molecule has 116 valence electrons. The zero-order valence-electron chi connectivity index (χ0n) is 12.7. The van der Waals surface area contributed by atoms with E-state index >= 15 is 0 Å². The van der Waals surface area contributed by atoms with E-state index in [2.05, 4.69) is 15.6 Å². The lowest BCUT2D eigenvalue weighted by atomic mass is 10.1. The fourth-order valence-electron chi connectivity index (χ4n) is 1.99. The molecule has 0 aliphatic carbocycles. The Hall–Kier alpha value is -2.47. The van der Waals surface area contributed by atoms with E-state index in [1.165, 1.54) is 0 Å². The molecule has 1 aromatic heterocycles. The molecular formula is C16H20N4O2. The molecule has 0 bridgehead atoms. The first kappa shape index (κ1) is 15.9. The number of nitrogens with one attached hydrogen (secondary N) is 2. The number of amides is 2. The van der Waals surface area contributed by atoms with Gasteiger partial charge in [0, 0.05) is 11.6 Å². The zero-order chi connectivity index (χ0) is 16.1. The van der Waals surface area contributed by atoms with Gasteiger partial charge >= 0.3 is 0 Å². The minimum absolute atomic E-state index is 0.0188. The highest BCUT2D eigenvalue weighted by atomic mass is 16.2. The lowest BCUT2D eigenvalue weighted by molar-refractivity contribution is -0.125. The van der Waals surface area contributed by atoms with Gasteiger partial charge in [0.25, 0.3) is 0 Å². The molecule has 6 heteroatoms. The Morgan fingerprint density at radius 2 is 1.95 bits per heavy atom. The van der Waals surface area contributed by atoms with Gasteiger partial charge in [-0.1, -0.05) is 32.0 Å². The average molecular weight is 300 g/mol. The van der Waals surface area contributed by atoms with Crippen molar-refractivity contribution in [1.82, 2.24) is 10.3 Å². The van der Waals surface area contributed by atoms with Crippen LogP contribution in [0.4, 0.5) is 5.69 Å². The first-order chi connectivity index (χ1) is 10.5. The molecule has 6 nitrogen and oxygen atoms in total. The Labute approximate surface area is 129 Å². The van der Waals surface area contributed by atoms with Crippen molar-refractivity contribution < 1.29 is 9.59 Å². The van der Waals surface area contributed by atoms with Crippen LogP contribution in [0.15, 0.2) is 36.5 Å². The van der Waals surface area contributed by atoms with Crippen LogP contribution >= 0.6 is 0 Å². The maximum atomic E-state index is 12.0. The van der Waals surface area contributed by atoms with Gasteiger partial charge in [-0.3, -0.25) is 14.6 Å². The monoisotopic (exact) mass is 300 g/mol. The van der Waals surface area contributed by atoms with E-state index in [1.807, 2.05) is 38.1 Å². The van der Waals surface area contributed by atoms with E-state index in [0.717, 1.165) is 5.39 Å². The summed E-state index contributed by atoms with van der Waals surface area (Å²) in [5.41, 5.74) is 7.05. The molecule has 0 fully saturated rings. The number of fused-ring (bicyclic) bond motifs is 1. The Balaban J connectivity index is 1.98. The maximum absolute atomic E-state index is 12.0. The quantitative estimate of drug-likeness (QED) is 0.774. The Morgan fingerprint density at radius 1 is 1.23 bits per heavy atom. The SMILES string of the molecule is CC(C)[C@H](N)C(=O)NCC(=O)Nc1cccc2cccnc12. The van der Waals surface area contributed by atoms with Crippen molar-refractivity contribution in [2.45, 2.75) is 19.9 Å². The molecule has 1 heterocycles. The van der Waals surface area contributed by atoms with Gasteiger partial charge in [0.15, 0.2) is 0 Å². The fraction of sp³-hybridized carbons (Fsp3) is 0.312. The lowest BCUT2D eigenvalue weighted by Gasteiger charge is -2.15. The van der Waals surface area contributed by atoms with Crippen molar-refractivity contribution >= 4 is 28.4 Å². The summed E-state index contributed by atoms with van der Waals surface area (Å²) in [6.07, 6.45) is 1.67. The van der Waals surface area contributed by atoms with Gasteiger partial charge in [-0.25, -0.2) is 0 Å². The van der Waals surface area contributed by atoms with E-state index in [1.54, 1.807) is 12.3 Å². The molecule has 0 unspecified atom stereocenters. The summed E-state index contributed by atoms with van der Waals surface area (Å²) >= 11 is 0. The van der Waals surface area contributed by atoms with Gasteiger partial charge in [-0.15, -0.1) is 0 Å². The molecule has 2 aromatic rings. The molecule has 4 N–H and O–H groups in total. The van der Waals surface area contributed by atoms with Crippen molar-refractivity contribution in [3.05, 3.63) is 36.5 Å². The number of anilines is 1. The van der Waals surface area contributed by atoms with Gasteiger partial charge in [0.1, 0.15) is 0 Å². The molecule has 0 spiro atoms. The maximum Gasteiger partial charge on any atom is 0.243 e. The highest BCUT2D eigenvalue weighted by Crippen LogP contribution is 2.20. The smallest absolute Gasteiger partial charge is 0.243 e. The van der Waals surface area contributed by atoms with E-state index in [4.69, 9.17) is 5.73 Å². The van der Waals surface area contributed by atoms with Crippen molar-refractivity contribution in [3.63, 3.8) is 0 Å². The van der Waals surface area contributed by atoms with E-state index in [-0.39, 0.29) is 24.3 Å². The van der Waals surface area contributed by atoms with Crippen LogP contribution in [0.2, 0.25) is 0 Å². The van der Waals surface area contributed by atoms with Crippen molar-refractivity contribution in [1.29, 1.82) is 0 Å². The second-order valence-electron chi connectivity index (χ2n) is 5.42. The number of hydrogen-bond donors (Lipinski definition) is 3. The first-order valence-electron chi connectivity index (χ1n) is 7.16. The number of pyridine rings is 1. The number of para-hydroxylation sites is 1. The van der Waals surface area contributed by atoms with Crippen LogP contribution in [0, 0.1) is 5.92 Å². The predicted molar refractivity (Wildman–Crippen MR) is 86.2 cm³/mol. The van der Waals surface area contributed by atoms with Crippen LogP contribution in [-0.4, -0.2) is 29.4 Å². The third-order valence-electron chi connectivity index (χ3n) is 3.35. The number of rotatable bonds is 5. The summed E-state index contributed by atoms with van der Waals surface area (Å²) in [7, 11) is 0. The summed E-state index contributed by atoms with van der Waals surface area (Å²) in [5.74, 6) is -0.631. The van der Waals surface area contributed by atoms with Crippen LogP contribution in [0.1, 0.15) is 13.8 Å². The minimum Gasteiger partial charge on any atom is -0.346 e. The Morgan fingerprint density at radius 3 is 2.68 bits per heavy atom. The van der Waals surface area contributed by atoms with Crippen molar-refractivity contribution in [3.8, 4) is 0 Å². The number of hydrogen-bond acceptors (Lipinski definition) is 4. The number of benzene rings is 1. The van der Waals surface area contributed by atoms with Crippen molar-refractivity contribution in [2.75, 3.05) is 11.9 Å². The third-order valence-corrected chi connectivity index (χ3v) is 3.35. The Bertz CT molecular complexity index is 679. The standard InChI is InChI=1S/C16H20N4O2/c1-10(2)14(17)16(22)19-9-13(21)20-12-7-3-5-11-6-4-8-18-15(11)12/h3-8,10,14H,9,17H2,1-2H3,(H,19,22)(H,20,21)/t14-/m0/s1. The first-order valence-corrected chi connectivity index (χ1v) is 7.16. The van der Waals surface area contributed by atoms with Gasteiger partial charge in [0.2, 0.25) is 11.8 Å².